The lowest BCUT2D eigenvalue weighted by Crippen LogP contribution is -2.43. The fourth-order valence-electron chi connectivity index (χ4n) is 4.21. The molecule has 2 aromatic rings. The summed E-state index contributed by atoms with van der Waals surface area (Å²) in [5, 5.41) is 13.9. The summed E-state index contributed by atoms with van der Waals surface area (Å²) in [6.07, 6.45) is 5.76. The van der Waals surface area contributed by atoms with Crippen molar-refractivity contribution < 1.29 is 14.7 Å². The van der Waals surface area contributed by atoms with Crippen LogP contribution in [0.1, 0.15) is 50.1 Å². The molecule has 28 heavy (non-hydrogen) atoms. The van der Waals surface area contributed by atoms with Gasteiger partial charge in [-0.1, -0.05) is 18.2 Å². The molecule has 148 valence electrons. The van der Waals surface area contributed by atoms with E-state index >= 15 is 0 Å². The van der Waals surface area contributed by atoms with Gasteiger partial charge in [0.1, 0.15) is 0 Å². The molecule has 1 aromatic heterocycles. The number of carbonyl (C=O) groups excluding carboxylic acids is 2. The standard InChI is InChI=1S/C22H27N3O3/c26-18-12-16(13-18)22(17-11-15-5-1-2-6-19(15)23-14-17)24-20(27)8-10-25-9-4-3-7-21(25)28/h1-2,5-6,11,14,16,18,22,26H,3-4,7-10,12-13H2,(H,24,27)/t16?,18?,22-/m1/s1. The number of hydrogen-bond acceptors (Lipinski definition) is 4. The molecule has 0 unspecified atom stereocenters. The Hall–Kier alpha value is -2.47. The lowest BCUT2D eigenvalue weighted by molar-refractivity contribution is -0.134. The molecule has 1 aliphatic carbocycles. The summed E-state index contributed by atoms with van der Waals surface area (Å²) in [6, 6.07) is 9.83. The number of para-hydroxylation sites is 1. The van der Waals surface area contributed by atoms with Gasteiger partial charge < -0.3 is 15.3 Å². The summed E-state index contributed by atoms with van der Waals surface area (Å²) in [5.41, 5.74) is 1.89. The van der Waals surface area contributed by atoms with Crippen molar-refractivity contribution in [3.63, 3.8) is 0 Å². The molecule has 2 heterocycles. The number of fused-ring (bicyclic) bond motifs is 1. The molecular formula is C22H27N3O3. The number of aromatic nitrogens is 1. The van der Waals surface area contributed by atoms with Crippen molar-refractivity contribution in [1.29, 1.82) is 0 Å². The van der Waals surface area contributed by atoms with Crippen molar-refractivity contribution in [2.24, 2.45) is 5.92 Å². The zero-order chi connectivity index (χ0) is 19.5. The van der Waals surface area contributed by atoms with Crippen molar-refractivity contribution in [2.75, 3.05) is 13.1 Å². The Bertz CT molecular complexity index is 863. The van der Waals surface area contributed by atoms with E-state index in [0.717, 1.165) is 35.9 Å². The number of aliphatic hydroxyl groups excluding tert-OH is 1. The smallest absolute Gasteiger partial charge is 0.222 e. The number of piperidine rings is 1. The number of amides is 2. The van der Waals surface area contributed by atoms with Crippen LogP contribution in [-0.2, 0) is 9.59 Å². The molecule has 0 radical (unpaired) electrons. The highest BCUT2D eigenvalue weighted by Gasteiger charge is 2.36. The number of pyridine rings is 1. The molecule has 6 heteroatoms. The second kappa shape index (κ2) is 8.27. The van der Waals surface area contributed by atoms with Crippen LogP contribution in [0.4, 0.5) is 0 Å². The molecule has 6 nitrogen and oxygen atoms in total. The summed E-state index contributed by atoms with van der Waals surface area (Å²) in [7, 11) is 0. The number of likely N-dealkylation sites (tertiary alicyclic amines) is 1. The average molecular weight is 381 g/mol. The third-order valence-corrected chi connectivity index (χ3v) is 5.94. The maximum Gasteiger partial charge on any atom is 0.222 e. The van der Waals surface area contributed by atoms with E-state index in [9.17, 15) is 14.7 Å². The fourth-order valence-corrected chi connectivity index (χ4v) is 4.21. The Labute approximate surface area is 164 Å². The van der Waals surface area contributed by atoms with Gasteiger partial charge in [0.15, 0.2) is 0 Å². The van der Waals surface area contributed by atoms with Crippen LogP contribution in [0.25, 0.3) is 10.9 Å². The molecule has 1 aliphatic heterocycles. The molecule has 0 spiro atoms. The van der Waals surface area contributed by atoms with Gasteiger partial charge in [-0.05, 0) is 49.3 Å². The monoisotopic (exact) mass is 381 g/mol. The Morgan fingerprint density at radius 1 is 1.29 bits per heavy atom. The average Bonchev–Trinajstić information content (AvgIpc) is 2.69. The van der Waals surface area contributed by atoms with E-state index in [-0.39, 0.29) is 29.9 Å². The van der Waals surface area contributed by atoms with Gasteiger partial charge in [0.05, 0.1) is 17.7 Å². The number of aliphatic hydroxyl groups is 1. The van der Waals surface area contributed by atoms with E-state index in [2.05, 4.69) is 16.4 Å². The number of carbonyl (C=O) groups is 2. The largest absolute Gasteiger partial charge is 0.393 e. The Morgan fingerprint density at radius 3 is 2.89 bits per heavy atom. The summed E-state index contributed by atoms with van der Waals surface area (Å²) >= 11 is 0. The molecular weight excluding hydrogens is 354 g/mol. The molecule has 2 aliphatic rings. The molecule has 0 bridgehead atoms. The molecule has 2 fully saturated rings. The lowest BCUT2D eigenvalue weighted by atomic mass is 9.75. The number of nitrogens with one attached hydrogen (secondary N) is 1. The van der Waals surface area contributed by atoms with Crippen LogP contribution in [0.2, 0.25) is 0 Å². The normalized spacial score (nSPS) is 23.3. The van der Waals surface area contributed by atoms with E-state index in [4.69, 9.17) is 0 Å². The van der Waals surface area contributed by atoms with E-state index in [0.29, 0.717) is 32.2 Å². The first-order chi connectivity index (χ1) is 13.6. The Morgan fingerprint density at radius 2 is 2.11 bits per heavy atom. The zero-order valence-corrected chi connectivity index (χ0v) is 16.0. The van der Waals surface area contributed by atoms with Gasteiger partial charge in [-0.15, -0.1) is 0 Å². The maximum absolute atomic E-state index is 12.6. The first-order valence-electron chi connectivity index (χ1n) is 10.2. The van der Waals surface area contributed by atoms with Gasteiger partial charge in [0, 0.05) is 37.5 Å². The second-order valence-electron chi connectivity index (χ2n) is 7.98. The van der Waals surface area contributed by atoms with Crippen molar-refractivity contribution in [1.82, 2.24) is 15.2 Å². The highest BCUT2D eigenvalue weighted by Crippen LogP contribution is 2.38. The summed E-state index contributed by atoms with van der Waals surface area (Å²) in [6.45, 7) is 1.22. The van der Waals surface area contributed by atoms with Gasteiger partial charge in [-0.2, -0.15) is 0 Å². The van der Waals surface area contributed by atoms with E-state index < -0.39 is 0 Å². The van der Waals surface area contributed by atoms with Gasteiger partial charge in [-0.25, -0.2) is 0 Å². The number of nitrogens with zero attached hydrogens (tertiary/aromatic N) is 2. The third kappa shape index (κ3) is 4.17. The van der Waals surface area contributed by atoms with E-state index in [1.165, 1.54) is 0 Å². The van der Waals surface area contributed by atoms with E-state index in [1.807, 2.05) is 30.5 Å². The van der Waals surface area contributed by atoms with Crippen molar-refractivity contribution in [3.05, 3.63) is 42.1 Å². The number of hydrogen-bond donors (Lipinski definition) is 2. The first-order valence-corrected chi connectivity index (χ1v) is 10.2. The molecule has 1 saturated carbocycles. The Balaban J connectivity index is 1.45. The SMILES string of the molecule is O=C(CCN1CCCCC1=O)N[C@@H](c1cnc2ccccc2c1)C1CC(O)C1. The van der Waals surface area contributed by atoms with Crippen LogP contribution in [0.3, 0.4) is 0 Å². The quantitative estimate of drug-likeness (QED) is 0.806. The molecule has 2 amide bonds. The van der Waals surface area contributed by atoms with Gasteiger partial charge in [0.2, 0.25) is 11.8 Å². The van der Waals surface area contributed by atoms with Gasteiger partial charge in [0.25, 0.3) is 0 Å². The minimum atomic E-state index is -0.288. The van der Waals surface area contributed by atoms with Crippen LogP contribution < -0.4 is 5.32 Å². The van der Waals surface area contributed by atoms with Crippen LogP contribution in [-0.4, -0.2) is 46.0 Å². The predicted molar refractivity (Wildman–Crippen MR) is 106 cm³/mol. The van der Waals surface area contributed by atoms with Crippen molar-refractivity contribution >= 4 is 22.7 Å². The van der Waals surface area contributed by atoms with Gasteiger partial charge in [-0.3, -0.25) is 14.6 Å². The number of rotatable bonds is 6. The Kier molecular flexibility index (Phi) is 5.57. The van der Waals surface area contributed by atoms with Crippen LogP contribution in [0.5, 0.6) is 0 Å². The van der Waals surface area contributed by atoms with Crippen LogP contribution in [0.15, 0.2) is 36.5 Å². The zero-order valence-electron chi connectivity index (χ0n) is 16.0. The highest BCUT2D eigenvalue weighted by molar-refractivity contribution is 5.81. The minimum absolute atomic E-state index is 0.0575. The lowest BCUT2D eigenvalue weighted by Gasteiger charge is -2.38. The number of benzene rings is 1. The molecule has 1 atom stereocenters. The fraction of sp³-hybridized carbons (Fsp3) is 0.500. The van der Waals surface area contributed by atoms with Crippen LogP contribution in [0, 0.1) is 5.92 Å². The molecule has 4 rings (SSSR count). The topological polar surface area (TPSA) is 82.5 Å². The summed E-state index contributed by atoms with van der Waals surface area (Å²) in [4.78, 5) is 30.9. The molecule has 1 aromatic carbocycles. The first kappa shape index (κ1) is 18.9. The summed E-state index contributed by atoms with van der Waals surface area (Å²) < 4.78 is 0. The summed E-state index contributed by atoms with van der Waals surface area (Å²) in [5.74, 6) is 0.299. The van der Waals surface area contributed by atoms with Gasteiger partial charge >= 0.3 is 0 Å². The highest BCUT2D eigenvalue weighted by atomic mass is 16.3. The molecule has 2 N–H and O–H groups in total. The minimum Gasteiger partial charge on any atom is -0.393 e. The predicted octanol–water partition coefficient (Wildman–Crippen LogP) is 2.57. The van der Waals surface area contributed by atoms with Crippen molar-refractivity contribution in [3.8, 4) is 0 Å². The maximum atomic E-state index is 12.6. The second-order valence-corrected chi connectivity index (χ2v) is 7.98. The van der Waals surface area contributed by atoms with E-state index in [1.54, 1.807) is 4.90 Å². The third-order valence-electron chi connectivity index (χ3n) is 5.94. The molecule has 1 saturated heterocycles. The van der Waals surface area contributed by atoms with Crippen LogP contribution >= 0.6 is 0 Å². The van der Waals surface area contributed by atoms with Crippen molar-refractivity contribution in [2.45, 2.75) is 50.7 Å².